The minimum absolute atomic E-state index is 0.0970. The van der Waals surface area contributed by atoms with Gasteiger partial charge < -0.3 is 29.7 Å². The highest BCUT2D eigenvalue weighted by molar-refractivity contribution is 5.95. The number of hydrogen-bond donors (Lipinski definition) is 2. The van der Waals surface area contributed by atoms with E-state index in [1.807, 2.05) is 83.8 Å². The van der Waals surface area contributed by atoms with Crippen LogP contribution in [0, 0.1) is 11.8 Å². The number of ether oxygens (including phenoxy) is 2. The predicted octanol–water partition coefficient (Wildman–Crippen LogP) is 9.05. The van der Waals surface area contributed by atoms with Gasteiger partial charge in [-0.3, -0.25) is 9.59 Å². The lowest BCUT2D eigenvalue weighted by atomic mass is 9.87. The molecule has 0 spiro atoms. The van der Waals surface area contributed by atoms with Gasteiger partial charge in [-0.2, -0.15) is 13.2 Å². The highest BCUT2D eigenvalue weighted by Gasteiger charge is 2.38. The number of benzene rings is 4. The first-order valence-electron chi connectivity index (χ1n) is 20.6. The molecule has 2 aliphatic rings. The van der Waals surface area contributed by atoms with E-state index in [-0.39, 0.29) is 11.8 Å². The summed E-state index contributed by atoms with van der Waals surface area (Å²) in [4.78, 5) is 52.1. The Kier molecular flexibility index (Phi) is 17.1. The van der Waals surface area contributed by atoms with Crippen molar-refractivity contribution in [3.63, 3.8) is 0 Å². The van der Waals surface area contributed by atoms with Crippen molar-refractivity contribution in [2.75, 3.05) is 40.4 Å². The van der Waals surface area contributed by atoms with E-state index in [0.717, 1.165) is 65.4 Å². The van der Waals surface area contributed by atoms with Crippen molar-refractivity contribution < 1.29 is 46.9 Å². The molecule has 0 radical (unpaired) electrons. The number of nitrogens with one attached hydrogen (secondary N) is 1. The lowest BCUT2D eigenvalue weighted by molar-refractivity contribution is -0.192. The van der Waals surface area contributed by atoms with Gasteiger partial charge in [0.25, 0.3) is 5.91 Å². The Balaban J connectivity index is 0.000000925. The predicted molar refractivity (Wildman–Crippen MR) is 228 cm³/mol. The summed E-state index contributed by atoms with van der Waals surface area (Å²) in [6, 6.07) is 30.7. The number of carboxylic acid groups (broad SMARTS) is 1. The van der Waals surface area contributed by atoms with Gasteiger partial charge in [0.05, 0.1) is 19.8 Å². The summed E-state index contributed by atoms with van der Waals surface area (Å²) < 4.78 is 41.9. The second-order valence-electron chi connectivity index (χ2n) is 15.4. The molecular weight excluding hydrogens is 788 g/mol. The van der Waals surface area contributed by atoms with E-state index in [0.29, 0.717) is 30.1 Å². The van der Waals surface area contributed by atoms with Crippen LogP contribution in [0.4, 0.5) is 13.2 Å². The molecule has 0 aromatic heterocycles. The number of alkyl halides is 3. The SMILES string of the molecule is COC(=O)c1ccc(CN(Cc2cccc(-c3cccc(C(=O)N4CCC(CCCC5CCNCC5)CC4)c3)c2)C(=O)/C=C/c2ccc(OC)cc2)cc1.O=C(O)C(F)(F)F. The molecule has 0 aliphatic carbocycles. The molecule has 2 fully saturated rings. The fourth-order valence-electron chi connectivity index (χ4n) is 7.66. The summed E-state index contributed by atoms with van der Waals surface area (Å²) in [6.45, 7) is 4.68. The van der Waals surface area contributed by atoms with Gasteiger partial charge in [0.2, 0.25) is 5.91 Å². The van der Waals surface area contributed by atoms with Gasteiger partial charge in [-0.05, 0) is 127 Å². The quantitative estimate of drug-likeness (QED) is 0.0953. The Morgan fingerprint density at radius 3 is 1.97 bits per heavy atom. The van der Waals surface area contributed by atoms with E-state index in [9.17, 15) is 27.6 Å². The maximum atomic E-state index is 13.7. The second kappa shape index (κ2) is 22.6. The molecule has 0 saturated carbocycles. The summed E-state index contributed by atoms with van der Waals surface area (Å²) in [7, 11) is 2.98. The van der Waals surface area contributed by atoms with Crippen molar-refractivity contribution in [3.05, 3.63) is 131 Å². The van der Waals surface area contributed by atoms with Crippen LogP contribution in [0.15, 0.2) is 103 Å². The van der Waals surface area contributed by atoms with Crippen LogP contribution in [-0.4, -0.2) is 85.2 Å². The molecule has 0 unspecified atom stereocenters. The first-order chi connectivity index (χ1) is 29.3. The summed E-state index contributed by atoms with van der Waals surface area (Å²) in [6.07, 6.45) is 7.02. The van der Waals surface area contributed by atoms with Crippen LogP contribution in [0.1, 0.15) is 82.4 Å². The number of nitrogens with zero attached hydrogens (tertiary/aromatic N) is 2. The van der Waals surface area contributed by atoms with Crippen LogP contribution in [-0.2, 0) is 27.4 Å². The monoisotopic (exact) mass is 841 g/mol. The molecular formula is C48H54F3N3O7. The van der Waals surface area contributed by atoms with Crippen LogP contribution >= 0.6 is 0 Å². The molecule has 2 aliphatic heterocycles. The van der Waals surface area contributed by atoms with Gasteiger partial charge in [0.1, 0.15) is 5.75 Å². The van der Waals surface area contributed by atoms with Crippen LogP contribution in [0.2, 0.25) is 0 Å². The largest absolute Gasteiger partial charge is 0.497 e. The lowest BCUT2D eigenvalue weighted by Crippen LogP contribution is -2.38. The molecule has 2 saturated heterocycles. The molecule has 2 amide bonds. The number of hydrogen-bond acceptors (Lipinski definition) is 7. The molecule has 0 atom stereocenters. The number of carbonyl (C=O) groups excluding carboxylic acids is 3. The van der Waals surface area contributed by atoms with Crippen LogP contribution < -0.4 is 10.1 Å². The third-order valence-electron chi connectivity index (χ3n) is 11.2. The van der Waals surface area contributed by atoms with Crippen molar-refractivity contribution in [1.29, 1.82) is 0 Å². The Morgan fingerprint density at radius 2 is 1.36 bits per heavy atom. The van der Waals surface area contributed by atoms with Crippen LogP contribution in [0.3, 0.4) is 0 Å². The van der Waals surface area contributed by atoms with Crippen LogP contribution in [0.5, 0.6) is 5.75 Å². The summed E-state index contributed by atoms with van der Waals surface area (Å²) >= 11 is 0. The average molecular weight is 842 g/mol. The zero-order chi connectivity index (χ0) is 43.8. The maximum absolute atomic E-state index is 13.7. The summed E-state index contributed by atoms with van der Waals surface area (Å²) in [5.41, 5.74) is 5.84. The number of carboxylic acids is 1. The van der Waals surface area contributed by atoms with Crippen molar-refractivity contribution in [2.45, 2.75) is 64.2 Å². The highest BCUT2D eigenvalue weighted by atomic mass is 19.4. The van der Waals surface area contributed by atoms with Crippen molar-refractivity contribution in [3.8, 4) is 16.9 Å². The van der Waals surface area contributed by atoms with Gasteiger partial charge in [0, 0.05) is 37.8 Å². The molecule has 2 N–H and O–H groups in total. The number of halogens is 3. The maximum Gasteiger partial charge on any atom is 0.490 e. The van der Waals surface area contributed by atoms with E-state index in [1.54, 1.807) is 36.3 Å². The molecule has 6 rings (SSSR count). The Bertz CT molecular complexity index is 2090. The summed E-state index contributed by atoms with van der Waals surface area (Å²) in [5.74, 6) is -0.863. The number of carbonyl (C=O) groups is 4. The van der Waals surface area contributed by atoms with Gasteiger partial charge in [-0.25, -0.2) is 9.59 Å². The van der Waals surface area contributed by atoms with Crippen molar-refractivity contribution >= 4 is 29.8 Å². The Morgan fingerprint density at radius 1 is 0.770 bits per heavy atom. The third-order valence-corrected chi connectivity index (χ3v) is 11.2. The molecule has 4 aromatic carbocycles. The Hall–Kier alpha value is -5.95. The van der Waals surface area contributed by atoms with Gasteiger partial charge in [-0.1, -0.05) is 73.9 Å². The molecule has 10 nitrogen and oxygen atoms in total. The number of likely N-dealkylation sites (tertiary alicyclic amines) is 1. The fraction of sp³-hybridized carbons (Fsp3) is 0.375. The smallest absolute Gasteiger partial charge is 0.490 e. The highest BCUT2D eigenvalue weighted by Crippen LogP contribution is 2.28. The molecule has 61 heavy (non-hydrogen) atoms. The molecule has 324 valence electrons. The van der Waals surface area contributed by atoms with Gasteiger partial charge in [-0.15, -0.1) is 0 Å². The summed E-state index contributed by atoms with van der Waals surface area (Å²) in [5, 5.41) is 10.6. The fourth-order valence-corrected chi connectivity index (χ4v) is 7.66. The number of esters is 1. The van der Waals surface area contributed by atoms with Crippen LogP contribution in [0.25, 0.3) is 17.2 Å². The standard InChI is InChI=1S/C46H53N3O5.C2HF3O2/c1-53-43-19-14-36(15-20-43)16-21-44(50)49(32-37-12-17-39(18-13-37)46(52)54-2)33-38-8-4-9-40(30-38)41-10-5-11-42(31-41)45(51)48-28-24-35(25-29-48)7-3-6-34-22-26-47-27-23-34;3-2(4,5)1(6)7/h4-5,8-21,30-31,34-35,47H,3,6-7,22-29,32-33H2,1-2H3;(H,6,7)/b21-16+;. The zero-order valence-corrected chi connectivity index (χ0v) is 34.7. The van der Waals surface area contributed by atoms with E-state index in [2.05, 4.69) is 11.4 Å². The molecule has 2 heterocycles. The zero-order valence-electron chi connectivity index (χ0n) is 34.7. The Labute approximate surface area is 355 Å². The van der Waals surface area contributed by atoms with Gasteiger partial charge in [0.15, 0.2) is 0 Å². The van der Waals surface area contributed by atoms with Crippen molar-refractivity contribution in [1.82, 2.24) is 15.1 Å². The minimum atomic E-state index is -5.08. The molecule has 0 bridgehead atoms. The van der Waals surface area contributed by atoms with E-state index < -0.39 is 18.1 Å². The second-order valence-corrected chi connectivity index (χ2v) is 15.4. The first kappa shape index (κ1) is 46.1. The van der Waals surface area contributed by atoms with Crippen molar-refractivity contribution in [2.24, 2.45) is 11.8 Å². The average Bonchev–Trinajstić information content (AvgIpc) is 3.28. The lowest BCUT2D eigenvalue weighted by Gasteiger charge is -2.32. The third kappa shape index (κ3) is 14.3. The number of amides is 2. The van der Waals surface area contributed by atoms with E-state index in [1.165, 1.54) is 52.3 Å². The number of aliphatic carboxylic acids is 1. The van der Waals surface area contributed by atoms with E-state index in [4.69, 9.17) is 19.4 Å². The number of methoxy groups -OCH3 is 2. The first-order valence-corrected chi connectivity index (χ1v) is 20.6. The minimum Gasteiger partial charge on any atom is -0.497 e. The van der Waals surface area contributed by atoms with E-state index >= 15 is 0 Å². The van der Waals surface area contributed by atoms with Gasteiger partial charge >= 0.3 is 18.1 Å². The molecule has 4 aromatic rings. The topological polar surface area (TPSA) is 125 Å². The number of rotatable bonds is 14. The normalized spacial score (nSPS) is 14.8. The number of piperidine rings is 2. The molecule has 13 heteroatoms.